The van der Waals surface area contributed by atoms with Gasteiger partial charge >= 0.3 is 0 Å². The number of nitrogens with zero attached hydrogens (tertiary/aromatic N) is 1. The molecule has 0 bridgehead atoms. The molecule has 0 amide bonds. The van der Waals surface area contributed by atoms with Crippen LogP contribution in [0.2, 0.25) is 0 Å². The number of aryl methyl sites for hydroxylation is 1. The average molecular weight is 335 g/mol. The lowest BCUT2D eigenvalue weighted by molar-refractivity contribution is 0.675. The molecule has 0 unspecified atom stereocenters. The zero-order valence-corrected chi connectivity index (χ0v) is 15.6. The summed E-state index contributed by atoms with van der Waals surface area (Å²) < 4.78 is 0. The molecule has 0 saturated heterocycles. The van der Waals surface area contributed by atoms with Gasteiger partial charge in [0.05, 0.1) is 5.71 Å². The second-order valence-corrected chi connectivity index (χ2v) is 6.43. The molecule has 1 N–H and O–H groups in total. The van der Waals surface area contributed by atoms with Crippen LogP contribution in [0.15, 0.2) is 77.6 Å². The van der Waals surface area contributed by atoms with Gasteiger partial charge in [-0.2, -0.15) is 0 Å². The second kappa shape index (κ2) is 10.5. The molecule has 1 aliphatic heterocycles. The van der Waals surface area contributed by atoms with Crippen molar-refractivity contribution in [3.8, 4) is 0 Å². The summed E-state index contributed by atoms with van der Waals surface area (Å²) in [6, 6.07) is 8.47. The average Bonchev–Trinajstić information content (AvgIpc) is 2.60. The summed E-state index contributed by atoms with van der Waals surface area (Å²) in [5.41, 5.74) is 5.64. The Bertz CT molecular complexity index is 690. The highest BCUT2D eigenvalue weighted by atomic mass is 14.8. The molecule has 0 aromatic heterocycles. The summed E-state index contributed by atoms with van der Waals surface area (Å²) >= 11 is 0. The number of nitrogens with one attached hydrogen (secondary N) is 1. The summed E-state index contributed by atoms with van der Waals surface area (Å²) in [6.45, 7) is 9.43. The third-order valence-corrected chi connectivity index (χ3v) is 4.35. The Labute approximate surface area is 152 Å². The molecule has 2 rings (SSSR count). The van der Waals surface area contributed by atoms with Gasteiger partial charge in [-0.3, -0.25) is 4.99 Å². The predicted octanol–water partition coefficient (Wildman–Crippen LogP) is 5.87. The molecule has 0 aliphatic carbocycles. The summed E-state index contributed by atoms with van der Waals surface area (Å²) in [6.07, 6.45) is 16.1. The van der Waals surface area contributed by atoms with Crippen LogP contribution < -0.4 is 5.32 Å². The van der Waals surface area contributed by atoms with Crippen molar-refractivity contribution in [2.45, 2.75) is 46.0 Å². The number of allylic oxidation sites excluding steroid dienone is 5. The van der Waals surface area contributed by atoms with Crippen LogP contribution in [0.1, 0.15) is 50.2 Å². The standard InChI is InChI=1S/C23H30N2/c1-4-5-6-11-17-25-23(22-15-10-9-13-19(22)2)18-21-14-8-7-12-16-24-20(21)3/h7-10,12-13,15-16,18,24H,3-6,11,14,17H2,1-2H3/b8-7-,16-12-,21-18+,25-23?. The SMILES string of the molecule is C=C1N/C=C\C=C/C/C1=C\C(=NCCCCCC)c1ccccc1C. The predicted molar refractivity (Wildman–Crippen MR) is 110 cm³/mol. The van der Waals surface area contributed by atoms with Crippen LogP contribution in [0, 0.1) is 6.92 Å². The maximum absolute atomic E-state index is 4.94. The van der Waals surface area contributed by atoms with Crippen molar-refractivity contribution in [1.82, 2.24) is 5.32 Å². The first kappa shape index (κ1) is 19.0. The smallest absolute Gasteiger partial charge is 0.0652 e. The normalized spacial score (nSPS) is 19.2. The van der Waals surface area contributed by atoms with Crippen LogP contribution in [0.3, 0.4) is 0 Å². The van der Waals surface area contributed by atoms with Crippen LogP contribution >= 0.6 is 0 Å². The Morgan fingerprint density at radius 3 is 2.84 bits per heavy atom. The summed E-state index contributed by atoms with van der Waals surface area (Å²) in [4.78, 5) is 4.94. The Kier molecular flexibility index (Phi) is 7.97. The van der Waals surface area contributed by atoms with E-state index in [4.69, 9.17) is 4.99 Å². The van der Waals surface area contributed by atoms with E-state index in [9.17, 15) is 0 Å². The molecule has 1 aromatic rings. The van der Waals surface area contributed by atoms with Crippen molar-refractivity contribution in [1.29, 1.82) is 0 Å². The van der Waals surface area contributed by atoms with E-state index in [1.165, 1.54) is 36.0 Å². The third kappa shape index (κ3) is 6.22. The first-order chi connectivity index (χ1) is 12.2. The van der Waals surface area contributed by atoms with Crippen LogP contribution in [0.4, 0.5) is 0 Å². The quantitative estimate of drug-likeness (QED) is 0.489. The van der Waals surface area contributed by atoms with Crippen LogP contribution in [0.25, 0.3) is 0 Å². The molecule has 0 radical (unpaired) electrons. The van der Waals surface area contributed by atoms with Crippen molar-refractivity contribution in [3.05, 3.63) is 83.7 Å². The number of hydrogen-bond acceptors (Lipinski definition) is 2. The molecule has 132 valence electrons. The van der Waals surface area contributed by atoms with Gasteiger partial charge in [-0.25, -0.2) is 0 Å². The fourth-order valence-electron chi connectivity index (χ4n) is 2.81. The monoisotopic (exact) mass is 334 g/mol. The van der Waals surface area contributed by atoms with E-state index in [1.54, 1.807) is 0 Å². The molecule has 0 atom stereocenters. The van der Waals surface area contributed by atoms with Crippen LogP contribution in [-0.4, -0.2) is 12.3 Å². The molecule has 1 aromatic carbocycles. The highest BCUT2D eigenvalue weighted by Crippen LogP contribution is 2.17. The Balaban J connectivity index is 2.27. The lowest BCUT2D eigenvalue weighted by atomic mass is 9.99. The highest BCUT2D eigenvalue weighted by molar-refractivity contribution is 6.10. The molecule has 2 nitrogen and oxygen atoms in total. The van der Waals surface area contributed by atoms with E-state index in [2.05, 4.69) is 68.2 Å². The molecule has 0 saturated carbocycles. The molecule has 0 fully saturated rings. The van der Waals surface area contributed by atoms with E-state index >= 15 is 0 Å². The van der Waals surface area contributed by atoms with Gasteiger partial charge in [0, 0.05) is 24.0 Å². The summed E-state index contributed by atoms with van der Waals surface area (Å²) in [5, 5.41) is 3.24. The lowest BCUT2D eigenvalue weighted by Gasteiger charge is -2.13. The van der Waals surface area contributed by atoms with Gasteiger partial charge in [0.25, 0.3) is 0 Å². The lowest BCUT2D eigenvalue weighted by Crippen LogP contribution is -2.10. The fraction of sp³-hybridized carbons (Fsp3) is 0.348. The largest absolute Gasteiger partial charge is 0.362 e. The van der Waals surface area contributed by atoms with Crippen molar-refractivity contribution in [2.24, 2.45) is 4.99 Å². The summed E-state index contributed by atoms with van der Waals surface area (Å²) in [5.74, 6) is 0. The van der Waals surface area contributed by atoms with Crippen LogP contribution in [-0.2, 0) is 0 Å². The van der Waals surface area contributed by atoms with E-state index in [0.717, 1.165) is 30.8 Å². The third-order valence-electron chi connectivity index (χ3n) is 4.35. The molecular formula is C23H30N2. The number of benzene rings is 1. The van der Waals surface area contributed by atoms with Crippen molar-refractivity contribution >= 4 is 5.71 Å². The molecule has 1 heterocycles. The topological polar surface area (TPSA) is 24.4 Å². The second-order valence-electron chi connectivity index (χ2n) is 6.43. The maximum atomic E-state index is 4.94. The highest BCUT2D eigenvalue weighted by Gasteiger charge is 2.08. The van der Waals surface area contributed by atoms with Crippen molar-refractivity contribution in [2.75, 3.05) is 6.54 Å². The molecular weight excluding hydrogens is 304 g/mol. The van der Waals surface area contributed by atoms with Gasteiger partial charge in [0.15, 0.2) is 0 Å². The van der Waals surface area contributed by atoms with E-state index < -0.39 is 0 Å². The molecule has 25 heavy (non-hydrogen) atoms. The number of aliphatic imine (C=N–C) groups is 1. The van der Waals surface area contributed by atoms with Crippen molar-refractivity contribution in [3.63, 3.8) is 0 Å². The minimum absolute atomic E-state index is 0.858. The minimum Gasteiger partial charge on any atom is -0.362 e. The van der Waals surface area contributed by atoms with E-state index in [1.807, 2.05) is 12.3 Å². The van der Waals surface area contributed by atoms with Gasteiger partial charge in [0.2, 0.25) is 0 Å². The van der Waals surface area contributed by atoms with Crippen molar-refractivity contribution < 1.29 is 0 Å². The zero-order chi connectivity index (χ0) is 17.9. The van der Waals surface area contributed by atoms with Crippen LogP contribution in [0.5, 0.6) is 0 Å². The Morgan fingerprint density at radius 1 is 1.20 bits per heavy atom. The Morgan fingerprint density at radius 2 is 2.04 bits per heavy atom. The zero-order valence-electron chi connectivity index (χ0n) is 15.6. The van der Waals surface area contributed by atoms with Gasteiger partial charge < -0.3 is 5.32 Å². The Hall–Kier alpha value is -2.35. The van der Waals surface area contributed by atoms with Gasteiger partial charge in [-0.05, 0) is 43.1 Å². The summed E-state index contributed by atoms with van der Waals surface area (Å²) in [7, 11) is 0. The molecule has 1 aliphatic rings. The number of rotatable bonds is 7. The first-order valence-electron chi connectivity index (χ1n) is 9.31. The maximum Gasteiger partial charge on any atom is 0.0652 e. The van der Waals surface area contributed by atoms with E-state index in [0.29, 0.717) is 0 Å². The number of hydrogen-bond donors (Lipinski definition) is 1. The molecule has 0 spiro atoms. The first-order valence-corrected chi connectivity index (χ1v) is 9.31. The fourth-order valence-corrected chi connectivity index (χ4v) is 2.81. The molecule has 2 heteroatoms. The number of unbranched alkanes of at least 4 members (excludes halogenated alkanes) is 3. The van der Waals surface area contributed by atoms with Gasteiger partial charge in [0.1, 0.15) is 0 Å². The van der Waals surface area contributed by atoms with Gasteiger partial charge in [-0.15, -0.1) is 0 Å². The van der Waals surface area contributed by atoms with Gasteiger partial charge in [-0.1, -0.05) is 69.2 Å². The van der Waals surface area contributed by atoms with E-state index in [-0.39, 0.29) is 0 Å². The minimum atomic E-state index is 0.858.